The molecule has 4 rings (SSSR count). The van der Waals surface area contributed by atoms with E-state index in [0.717, 1.165) is 30.5 Å². The Labute approximate surface area is 155 Å². The van der Waals surface area contributed by atoms with E-state index >= 15 is 0 Å². The number of thiazole rings is 2. The van der Waals surface area contributed by atoms with Crippen LogP contribution in [0.25, 0.3) is 20.4 Å². The van der Waals surface area contributed by atoms with Crippen molar-refractivity contribution in [3.05, 3.63) is 46.4 Å². The molecule has 2 aromatic carbocycles. The average Bonchev–Trinajstić information content (AvgIpc) is 3.17. The number of rotatable bonds is 2. The monoisotopic (exact) mass is 398 g/mol. The van der Waals surface area contributed by atoms with Gasteiger partial charge in [0, 0.05) is 10.0 Å². The van der Waals surface area contributed by atoms with Gasteiger partial charge in [-0.3, -0.25) is 10.9 Å². The Balaban J connectivity index is 0.000000141. The minimum absolute atomic E-state index is 0.701. The summed E-state index contributed by atoms with van der Waals surface area (Å²) in [7, 11) is 0. The van der Waals surface area contributed by atoms with Crippen molar-refractivity contribution in [1.82, 2.24) is 9.97 Å². The van der Waals surface area contributed by atoms with Crippen LogP contribution in [0, 0.1) is 0 Å². The van der Waals surface area contributed by atoms with Crippen molar-refractivity contribution in [1.29, 1.82) is 0 Å². The maximum Gasteiger partial charge on any atom is 0.198 e. The Kier molecular flexibility index (Phi) is 5.34. The summed E-state index contributed by atoms with van der Waals surface area (Å²) in [5.74, 6) is 10.4. The van der Waals surface area contributed by atoms with Crippen LogP contribution < -0.4 is 22.5 Å². The fraction of sp³-hybridized carbons (Fsp3) is 0. The highest BCUT2D eigenvalue weighted by molar-refractivity contribution is 7.22. The number of halogens is 2. The maximum atomic E-state index is 5.80. The molecule has 0 saturated carbocycles. The van der Waals surface area contributed by atoms with Gasteiger partial charge < -0.3 is 0 Å². The van der Waals surface area contributed by atoms with Crippen molar-refractivity contribution in [2.45, 2.75) is 0 Å². The molecular weight excluding hydrogens is 387 g/mol. The van der Waals surface area contributed by atoms with E-state index in [1.54, 1.807) is 0 Å². The molecule has 0 atom stereocenters. The molecule has 0 unspecified atom stereocenters. The van der Waals surface area contributed by atoms with Gasteiger partial charge in [0.25, 0.3) is 0 Å². The van der Waals surface area contributed by atoms with Crippen LogP contribution in [0.2, 0.25) is 10.0 Å². The maximum absolute atomic E-state index is 5.80. The predicted octanol–water partition coefficient (Wildman–Crippen LogP) is 4.47. The van der Waals surface area contributed by atoms with Gasteiger partial charge in [0.15, 0.2) is 10.3 Å². The van der Waals surface area contributed by atoms with Crippen LogP contribution in [-0.4, -0.2) is 9.97 Å². The zero-order valence-corrected chi connectivity index (χ0v) is 15.2. The van der Waals surface area contributed by atoms with Crippen molar-refractivity contribution < 1.29 is 0 Å². The molecule has 0 aliphatic carbocycles. The molecule has 6 N–H and O–H groups in total. The first-order chi connectivity index (χ1) is 11.6. The van der Waals surface area contributed by atoms with E-state index in [9.17, 15) is 0 Å². The highest BCUT2D eigenvalue weighted by Crippen LogP contribution is 2.28. The summed E-state index contributed by atoms with van der Waals surface area (Å²) < 4.78 is 2.07. The molecule has 124 valence electrons. The third-order valence-corrected chi connectivity index (χ3v) is 5.32. The lowest BCUT2D eigenvalue weighted by molar-refractivity contribution is 1.31. The van der Waals surface area contributed by atoms with Crippen LogP contribution in [0.4, 0.5) is 10.3 Å². The van der Waals surface area contributed by atoms with E-state index in [1.165, 1.54) is 22.7 Å². The fourth-order valence-electron chi connectivity index (χ4n) is 1.92. The number of benzene rings is 2. The Morgan fingerprint density at radius 2 is 1.17 bits per heavy atom. The molecule has 24 heavy (non-hydrogen) atoms. The number of hydrogen-bond donors (Lipinski definition) is 4. The highest BCUT2D eigenvalue weighted by Gasteiger charge is 2.02. The van der Waals surface area contributed by atoms with E-state index in [4.69, 9.17) is 34.9 Å². The first-order valence-electron chi connectivity index (χ1n) is 6.64. The summed E-state index contributed by atoms with van der Waals surface area (Å²) in [5, 5.41) is 2.84. The summed E-state index contributed by atoms with van der Waals surface area (Å²) in [5.41, 5.74) is 6.83. The third-order valence-electron chi connectivity index (χ3n) is 2.95. The van der Waals surface area contributed by atoms with Crippen molar-refractivity contribution in [2.24, 2.45) is 11.7 Å². The number of hydrazine groups is 2. The largest absolute Gasteiger partial charge is 0.300 e. The smallest absolute Gasteiger partial charge is 0.198 e. The van der Waals surface area contributed by atoms with E-state index < -0.39 is 0 Å². The number of aromatic nitrogens is 2. The third kappa shape index (κ3) is 3.86. The molecule has 2 aromatic heterocycles. The number of nitrogens with zero attached hydrogens (tertiary/aromatic N) is 2. The SMILES string of the molecule is NNc1nc2ccc(Cl)cc2s1.NNc1nc2ccc(Cl)cc2s1. The molecule has 0 saturated heterocycles. The average molecular weight is 399 g/mol. The number of anilines is 2. The molecule has 6 nitrogen and oxygen atoms in total. The molecule has 0 radical (unpaired) electrons. The molecular formula is C14H12Cl2N6S2. The van der Waals surface area contributed by atoms with Crippen LogP contribution in [0.15, 0.2) is 36.4 Å². The fourth-order valence-corrected chi connectivity index (χ4v) is 4.02. The predicted molar refractivity (Wildman–Crippen MR) is 105 cm³/mol. The standard InChI is InChI=1S/2C7H6ClN3S/c2*8-4-1-2-5-6(3-4)12-7(10-5)11-9/h2*1-3H,9H2,(H,10,11). The van der Waals surface area contributed by atoms with Gasteiger partial charge in [-0.15, -0.1) is 0 Å². The Morgan fingerprint density at radius 1 is 0.750 bits per heavy atom. The van der Waals surface area contributed by atoms with Crippen molar-refractivity contribution in [3.8, 4) is 0 Å². The normalized spacial score (nSPS) is 10.5. The second-order valence-electron chi connectivity index (χ2n) is 4.55. The van der Waals surface area contributed by atoms with Gasteiger partial charge >= 0.3 is 0 Å². The van der Waals surface area contributed by atoms with Crippen molar-refractivity contribution in [2.75, 3.05) is 10.9 Å². The molecule has 0 amide bonds. The molecule has 0 spiro atoms. The van der Waals surface area contributed by atoms with E-state index in [-0.39, 0.29) is 0 Å². The van der Waals surface area contributed by atoms with Crippen LogP contribution in [0.3, 0.4) is 0 Å². The Hall–Kier alpha value is -1.68. The minimum atomic E-state index is 0.701. The number of hydrogen-bond acceptors (Lipinski definition) is 8. The van der Waals surface area contributed by atoms with Gasteiger partial charge in [-0.2, -0.15) is 0 Å². The summed E-state index contributed by atoms with van der Waals surface area (Å²) in [6.45, 7) is 0. The second-order valence-corrected chi connectivity index (χ2v) is 7.48. The van der Waals surface area contributed by atoms with E-state index in [0.29, 0.717) is 10.3 Å². The highest BCUT2D eigenvalue weighted by atomic mass is 35.5. The van der Waals surface area contributed by atoms with Crippen LogP contribution in [0.1, 0.15) is 0 Å². The molecule has 0 aliphatic heterocycles. The Morgan fingerprint density at radius 3 is 1.54 bits per heavy atom. The van der Waals surface area contributed by atoms with Gasteiger partial charge in [-0.1, -0.05) is 45.9 Å². The summed E-state index contributed by atoms with van der Waals surface area (Å²) in [6.07, 6.45) is 0. The van der Waals surface area contributed by atoms with Crippen LogP contribution >= 0.6 is 45.9 Å². The second kappa shape index (κ2) is 7.47. The van der Waals surface area contributed by atoms with Crippen LogP contribution in [0.5, 0.6) is 0 Å². The number of nitrogens with one attached hydrogen (secondary N) is 2. The van der Waals surface area contributed by atoms with E-state index in [2.05, 4.69) is 20.8 Å². The lowest BCUT2D eigenvalue weighted by atomic mass is 10.3. The van der Waals surface area contributed by atoms with Crippen molar-refractivity contribution in [3.63, 3.8) is 0 Å². The Bertz CT molecular complexity index is 904. The first kappa shape index (κ1) is 17.2. The molecule has 4 aromatic rings. The van der Waals surface area contributed by atoms with E-state index in [1.807, 2.05) is 36.4 Å². The number of nitrogen functional groups attached to an aromatic ring is 2. The molecule has 10 heteroatoms. The molecule has 0 fully saturated rings. The minimum Gasteiger partial charge on any atom is -0.300 e. The topological polar surface area (TPSA) is 102 Å². The van der Waals surface area contributed by atoms with Crippen LogP contribution in [-0.2, 0) is 0 Å². The molecule has 2 heterocycles. The lowest BCUT2D eigenvalue weighted by Gasteiger charge is -1.86. The summed E-state index contributed by atoms with van der Waals surface area (Å²) in [6, 6.07) is 11.1. The number of fused-ring (bicyclic) bond motifs is 2. The van der Waals surface area contributed by atoms with Gasteiger partial charge in [0.2, 0.25) is 0 Å². The molecule has 0 bridgehead atoms. The molecule has 0 aliphatic rings. The first-order valence-corrected chi connectivity index (χ1v) is 9.03. The van der Waals surface area contributed by atoms with Gasteiger partial charge in [0.1, 0.15) is 0 Å². The lowest BCUT2D eigenvalue weighted by Crippen LogP contribution is -2.05. The summed E-state index contributed by atoms with van der Waals surface area (Å²) >= 11 is 14.6. The van der Waals surface area contributed by atoms with Gasteiger partial charge in [0.05, 0.1) is 20.4 Å². The van der Waals surface area contributed by atoms with Gasteiger partial charge in [-0.05, 0) is 36.4 Å². The van der Waals surface area contributed by atoms with Crippen molar-refractivity contribution >= 4 is 76.6 Å². The summed E-state index contributed by atoms with van der Waals surface area (Å²) in [4.78, 5) is 8.39. The van der Waals surface area contributed by atoms with Gasteiger partial charge in [-0.25, -0.2) is 21.7 Å². The zero-order chi connectivity index (χ0) is 17.1. The quantitative estimate of drug-likeness (QED) is 0.293. The zero-order valence-electron chi connectivity index (χ0n) is 12.1. The number of nitrogens with two attached hydrogens (primary N) is 2.